The second kappa shape index (κ2) is 41.8. The first-order chi connectivity index (χ1) is 29.0. The summed E-state index contributed by atoms with van der Waals surface area (Å²) in [6, 6.07) is 0. The highest BCUT2D eigenvalue weighted by Gasteiger charge is 2.27. The second-order valence-electron chi connectivity index (χ2n) is 16.8. The van der Waals surface area contributed by atoms with Crippen molar-refractivity contribution in [2.24, 2.45) is 0 Å². The number of nitrogens with zero attached hydrogens (tertiary/aromatic N) is 1. The van der Waals surface area contributed by atoms with Gasteiger partial charge in [-0.1, -0.05) is 189 Å². The van der Waals surface area contributed by atoms with Gasteiger partial charge in [-0.2, -0.15) is 0 Å². The highest BCUT2D eigenvalue weighted by molar-refractivity contribution is 7.47. The van der Waals surface area contributed by atoms with E-state index in [0.29, 0.717) is 17.4 Å². The minimum Gasteiger partial charge on any atom is -0.462 e. The lowest BCUT2D eigenvalue weighted by atomic mass is 10.0. The fraction of sp³-hybridized carbons (Fsp3) is 0.720. The molecule has 0 radical (unpaired) electrons. The van der Waals surface area contributed by atoms with Crippen LogP contribution in [0.3, 0.4) is 0 Å². The maximum Gasteiger partial charge on any atom is 0.472 e. The molecule has 0 rings (SSSR count). The van der Waals surface area contributed by atoms with Crippen molar-refractivity contribution in [3.63, 3.8) is 0 Å². The van der Waals surface area contributed by atoms with Gasteiger partial charge in [0.25, 0.3) is 0 Å². The zero-order chi connectivity index (χ0) is 44.3. The van der Waals surface area contributed by atoms with E-state index in [1.54, 1.807) is 0 Å². The largest absolute Gasteiger partial charge is 0.472 e. The number of carbonyl (C=O) groups excluding carboxylic acids is 2. The smallest absolute Gasteiger partial charge is 0.462 e. The maximum absolute atomic E-state index is 12.7. The van der Waals surface area contributed by atoms with E-state index in [-0.39, 0.29) is 32.0 Å². The number of carbonyl (C=O) groups is 2. The summed E-state index contributed by atoms with van der Waals surface area (Å²) in [7, 11) is 1.42. The van der Waals surface area contributed by atoms with Crippen molar-refractivity contribution in [1.29, 1.82) is 0 Å². The van der Waals surface area contributed by atoms with E-state index in [2.05, 4.69) is 74.6 Å². The summed E-state index contributed by atoms with van der Waals surface area (Å²) in [5.41, 5.74) is 0. The number of esters is 2. The van der Waals surface area contributed by atoms with E-state index >= 15 is 0 Å². The highest BCUT2D eigenvalue weighted by Crippen LogP contribution is 2.43. The predicted molar refractivity (Wildman–Crippen MR) is 252 cm³/mol. The van der Waals surface area contributed by atoms with Gasteiger partial charge in [0.15, 0.2) is 6.10 Å². The molecule has 2 atom stereocenters. The highest BCUT2D eigenvalue weighted by atomic mass is 31.2. The molecular formula is C50H89NO8P+. The summed E-state index contributed by atoms with van der Waals surface area (Å²) in [6.45, 7) is 4.23. The first kappa shape index (κ1) is 57.4. The molecule has 0 saturated carbocycles. The molecule has 0 aliphatic heterocycles. The third kappa shape index (κ3) is 45.0. The summed E-state index contributed by atoms with van der Waals surface area (Å²) in [4.78, 5) is 35.4. The van der Waals surface area contributed by atoms with Gasteiger partial charge in [0.2, 0.25) is 0 Å². The van der Waals surface area contributed by atoms with Gasteiger partial charge in [-0.3, -0.25) is 18.6 Å². The maximum atomic E-state index is 12.7. The molecule has 1 N–H and O–H groups in total. The van der Waals surface area contributed by atoms with Gasteiger partial charge < -0.3 is 18.9 Å². The number of hydrogen-bond acceptors (Lipinski definition) is 7. The van der Waals surface area contributed by atoms with E-state index in [1.807, 2.05) is 33.3 Å². The van der Waals surface area contributed by atoms with Gasteiger partial charge in [-0.05, 0) is 51.4 Å². The average molecular weight is 863 g/mol. The average Bonchev–Trinajstić information content (AvgIpc) is 3.20. The van der Waals surface area contributed by atoms with Crippen molar-refractivity contribution in [2.75, 3.05) is 47.5 Å². The van der Waals surface area contributed by atoms with Crippen molar-refractivity contribution in [3.8, 4) is 0 Å². The molecule has 0 spiro atoms. The standard InChI is InChI=1S/C50H88NO8P/c1-6-8-10-12-14-16-18-20-22-24-25-27-29-31-33-35-37-39-41-43-50(53)59-48(47-58-60(54,55)57-45-44-51(3,4)5)46-56-49(52)42-40-38-36-34-32-30-28-26-23-21-19-17-15-13-11-9-7-2/h8,10,14,16,20,22,25,27,31,33,37,39,48H,6-7,9,11-13,15,17-19,21,23-24,26,28-30,32,34-36,38,40-47H2,1-5H3/p+1/b10-8-,16-14-,22-20-,27-25-,33-31-,39-37-. The summed E-state index contributed by atoms with van der Waals surface area (Å²) in [5.74, 6) is -0.896. The van der Waals surface area contributed by atoms with Crippen LogP contribution in [0.25, 0.3) is 0 Å². The number of rotatable bonds is 42. The summed E-state index contributed by atoms with van der Waals surface area (Å²) in [5, 5.41) is 0. The number of phosphoric acid groups is 1. The molecule has 9 nitrogen and oxygen atoms in total. The van der Waals surface area contributed by atoms with Crippen LogP contribution in [0, 0.1) is 0 Å². The van der Waals surface area contributed by atoms with Crippen molar-refractivity contribution >= 4 is 19.8 Å². The van der Waals surface area contributed by atoms with E-state index in [0.717, 1.165) is 57.8 Å². The van der Waals surface area contributed by atoms with E-state index in [1.165, 1.54) is 89.9 Å². The summed E-state index contributed by atoms with van der Waals surface area (Å²) in [6.07, 6.45) is 52.5. The zero-order valence-electron chi connectivity index (χ0n) is 38.9. The van der Waals surface area contributed by atoms with Crippen LogP contribution < -0.4 is 0 Å². The molecule has 0 aromatic heterocycles. The molecule has 0 amide bonds. The molecule has 0 aliphatic rings. The van der Waals surface area contributed by atoms with Gasteiger partial charge in [-0.25, -0.2) is 4.57 Å². The first-order valence-electron chi connectivity index (χ1n) is 23.7. The number of ether oxygens (including phenoxy) is 2. The molecule has 60 heavy (non-hydrogen) atoms. The number of quaternary nitrogens is 1. The fourth-order valence-corrected chi connectivity index (χ4v) is 6.84. The Bertz CT molecular complexity index is 1250. The minimum absolute atomic E-state index is 0.0159. The third-order valence-electron chi connectivity index (χ3n) is 9.76. The normalized spacial score (nSPS) is 14.2. The Kier molecular flexibility index (Phi) is 40.0. The van der Waals surface area contributed by atoms with Crippen molar-refractivity contribution in [3.05, 3.63) is 72.9 Å². The molecule has 346 valence electrons. The van der Waals surface area contributed by atoms with Gasteiger partial charge in [0.1, 0.15) is 19.8 Å². The molecule has 0 fully saturated rings. The number of allylic oxidation sites excluding steroid dienone is 12. The quantitative estimate of drug-likeness (QED) is 0.0212. The number of unbranched alkanes of at least 4 members (excludes halogenated alkanes) is 16. The SMILES string of the molecule is CC/C=C\C/C=C\C/C=C\C/C=C\C/C=C\C/C=C\CCC(=O)OC(COC(=O)CCCCCCCCCCCCCCCCCCC)COP(=O)(O)OCC[N+](C)(C)C. The fourth-order valence-electron chi connectivity index (χ4n) is 6.10. The van der Waals surface area contributed by atoms with Crippen LogP contribution in [-0.2, 0) is 32.7 Å². The Labute approximate surface area is 368 Å². The Balaban J connectivity index is 4.44. The lowest BCUT2D eigenvalue weighted by molar-refractivity contribution is -0.870. The topological polar surface area (TPSA) is 108 Å². The number of phosphoric ester groups is 1. The molecule has 0 saturated heterocycles. The minimum atomic E-state index is -4.40. The molecule has 10 heteroatoms. The van der Waals surface area contributed by atoms with Crippen LogP contribution in [0.4, 0.5) is 0 Å². The second-order valence-corrected chi connectivity index (χ2v) is 18.2. The lowest BCUT2D eigenvalue weighted by Gasteiger charge is -2.24. The molecular weight excluding hydrogens is 774 g/mol. The van der Waals surface area contributed by atoms with E-state index in [4.69, 9.17) is 18.5 Å². The van der Waals surface area contributed by atoms with Crippen LogP contribution in [0.15, 0.2) is 72.9 Å². The van der Waals surface area contributed by atoms with Crippen molar-refractivity contribution < 1.29 is 42.1 Å². The molecule has 0 aromatic carbocycles. The van der Waals surface area contributed by atoms with E-state index < -0.39 is 26.5 Å². The van der Waals surface area contributed by atoms with Crippen LogP contribution >= 0.6 is 7.82 Å². The predicted octanol–water partition coefficient (Wildman–Crippen LogP) is 13.8. The van der Waals surface area contributed by atoms with E-state index in [9.17, 15) is 19.0 Å². The Morgan fingerprint density at radius 3 is 1.38 bits per heavy atom. The van der Waals surface area contributed by atoms with Gasteiger partial charge in [0, 0.05) is 12.8 Å². The third-order valence-corrected chi connectivity index (χ3v) is 10.7. The first-order valence-corrected chi connectivity index (χ1v) is 25.2. The van der Waals surface area contributed by atoms with Crippen molar-refractivity contribution in [1.82, 2.24) is 0 Å². The molecule has 0 bridgehead atoms. The molecule has 0 heterocycles. The number of hydrogen-bond donors (Lipinski definition) is 1. The molecule has 0 aliphatic carbocycles. The Morgan fingerprint density at radius 2 is 0.950 bits per heavy atom. The molecule has 0 aromatic rings. The molecule has 2 unspecified atom stereocenters. The van der Waals surface area contributed by atoms with Gasteiger partial charge >= 0.3 is 19.8 Å². The van der Waals surface area contributed by atoms with Crippen molar-refractivity contribution in [2.45, 2.75) is 187 Å². The monoisotopic (exact) mass is 863 g/mol. The summed E-state index contributed by atoms with van der Waals surface area (Å²) < 4.78 is 34.3. The summed E-state index contributed by atoms with van der Waals surface area (Å²) >= 11 is 0. The Hall–Kier alpha value is -2.55. The van der Waals surface area contributed by atoms with Gasteiger partial charge in [-0.15, -0.1) is 0 Å². The van der Waals surface area contributed by atoms with Crippen LogP contribution in [0.5, 0.6) is 0 Å². The van der Waals surface area contributed by atoms with Crippen LogP contribution in [-0.4, -0.2) is 74.9 Å². The lowest BCUT2D eigenvalue weighted by Crippen LogP contribution is -2.37. The Morgan fingerprint density at radius 1 is 0.533 bits per heavy atom. The van der Waals surface area contributed by atoms with Gasteiger partial charge in [0.05, 0.1) is 27.7 Å². The number of likely N-dealkylation sites (N-methyl/N-ethyl adjacent to an activating group) is 1. The zero-order valence-corrected chi connectivity index (χ0v) is 39.8. The van der Waals surface area contributed by atoms with Crippen LogP contribution in [0.2, 0.25) is 0 Å². The van der Waals surface area contributed by atoms with Crippen LogP contribution in [0.1, 0.15) is 181 Å².